The van der Waals surface area contributed by atoms with E-state index in [0.717, 1.165) is 12.3 Å². The highest BCUT2D eigenvalue weighted by Gasteiger charge is 2.27. The van der Waals surface area contributed by atoms with Crippen LogP contribution in [0.5, 0.6) is 0 Å². The highest BCUT2D eigenvalue weighted by Crippen LogP contribution is 2.31. The average Bonchev–Trinajstić information content (AvgIpc) is 2.04. The largest absolute Gasteiger partial charge is 0.399 e. The van der Waals surface area contributed by atoms with E-state index >= 15 is 0 Å². The van der Waals surface area contributed by atoms with Crippen LogP contribution in [-0.4, -0.2) is 12.8 Å². The van der Waals surface area contributed by atoms with Gasteiger partial charge in [-0.15, -0.1) is 0 Å². The van der Waals surface area contributed by atoms with Gasteiger partial charge in [0, 0.05) is 5.92 Å². The van der Waals surface area contributed by atoms with Crippen LogP contribution >= 0.6 is 0 Å². The van der Waals surface area contributed by atoms with Gasteiger partial charge < -0.3 is 4.84 Å². The molecule has 2 nitrogen and oxygen atoms in total. The number of oxime groups is 1. The van der Waals surface area contributed by atoms with Crippen molar-refractivity contribution < 1.29 is 4.84 Å². The van der Waals surface area contributed by atoms with E-state index in [2.05, 4.69) is 25.9 Å². The van der Waals surface area contributed by atoms with Crippen molar-refractivity contribution >= 4 is 5.71 Å². The molecule has 0 bridgehead atoms. The minimum atomic E-state index is 0.649. The van der Waals surface area contributed by atoms with Gasteiger partial charge in [0.2, 0.25) is 0 Å². The molecule has 0 amide bonds. The maximum atomic E-state index is 4.90. The van der Waals surface area contributed by atoms with Crippen LogP contribution in [0.1, 0.15) is 40.0 Å². The summed E-state index contributed by atoms with van der Waals surface area (Å²) in [7, 11) is 1.64. The van der Waals surface area contributed by atoms with E-state index < -0.39 is 0 Å². The van der Waals surface area contributed by atoms with Crippen LogP contribution in [0.2, 0.25) is 0 Å². The molecule has 0 radical (unpaired) electrons. The van der Waals surface area contributed by atoms with Crippen molar-refractivity contribution in [2.45, 2.75) is 40.0 Å². The maximum Gasteiger partial charge on any atom is 0.106 e. The third kappa shape index (κ3) is 2.71. The van der Waals surface area contributed by atoms with Crippen LogP contribution in [-0.2, 0) is 4.84 Å². The predicted molar refractivity (Wildman–Crippen MR) is 55.8 cm³/mol. The van der Waals surface area contributed by atoms with E-state index in [0.29, 0.717) is 11.8 Å². The van der Waals surface area contributed by atoms with Crippen LogP contribution in [0.25, 0.3) is 0 Å². The summed E-state index contributed by atoms with van der Waals surface area (Å²) >= 11 is 0. The Labute approximate surface area is 81.3 Å². The summed E-state index contributed by atoms with van der Waals surface area (Å²) in [5.74, 6) is 2.13. The quantitative estimate of drug-likeness (QED) is 0.603. The van der Waals surface area contributed by atoms with Gasteiger partial charge in [-0.25, -0.2) is 0 Å². The Bertz CT molecular complexity index is 187. The molecule has 0 aromatic rings. The van der Waals surface area contributed by atoms with Gasteiger partial charge in [0.05, 0.1) is 5.71 Å². The molecule has 13 heavy (non-hydrogen) atoms. The molecule has 1 fully saturated rings. The van der Waals surface area contributed by atoms with Crippen LogP contribution in [0, 0.1) is 17.8 Å². The second-order valence-electron chi connectivity index (χ2n) is 4.50. The Kier molecular flexibility index (Phi) is 3.76. The summed E-state index contributed by atoms with van der Waals surface area (Å²) < 4.78 is 0. The highest BCUT2D eigenvalue weighted by molar-refractivity contribution is 5.87. The van der Waals surface area contributed by atoms with E-state index in [-0.39, 0.29) is 0 Å². The summed E-state index contributed by atoms with van der Waals surface area (Å²) in [6.45, 7) is 6.83. The van der Waals surface area contributed by atoms with Gasteiger partial charge in [-0.3, -0.25) is 0 Å². The lowest BCUT2D eigenvalue weighted by Crippen LogP contribution is -2.27. The van der Waals surface area contributed by atoms with Gasteiger partial charge in [0.25, 0.3) is 0 Å². The Morgan fingerprint density at radius 1 is 1.38 bits per heavy atom. The molecule has 0 aromatic heterocycles. The fraction of sp³-hybridized carbons (Fsp3) is 0.909. The Morgan fingerprint density at radius 2 is 2.08 bits per heavy atom. The summed E-state index contributed by atoms with van der Waals surface area (Å²) in [4.78, 5) is 4.90. The lowest BCUT2D eigenvalue weighted by molar-refractivity contribution is 0.203. The van der Waals surface area contributed by atoms with E-state index in [9.17, 15) is 0 Å². The first-order chi connectivity index (χ1) is 6.15. The monoisotopic (exact) mass is 183 g/mol. The maximum absolute atomic E-state index is 4.90. The molecule has 0 heterocycles. The zero-order valence-corrected chi connectivity index (χ0v) is 9.21. The van der Waals surface area contributed by atoms with Crippen molar-refractivity contribution in [3.8, 4) is 0 Å². The standard InChI is InChI=1S/C11H21NO/c1-8(2)10-6-5-9(3)7-11(10)12-13-4/h8-10H,5-7H2,1-4H3/b12-11-. The van der Waals surface area contributed by atoms with Crippen molar-refractivity contribution in [2.24, 2.45) is 22.9 Å². The molecule has 1 aliphatic carbocycles. The Hall–Kier alpha value is -0.530. The van der Waals surface area contributed by atoms with Crippen LogP contribution in [0.3, 0.4) is 0 Å². The first kappa shape index (κ1) is 10.6. The molecule has 2 atom stereocenters. The molecule has 2 heteroatoms. The summed E-state index contributed by atoms with van der Waals surface area (Å²) in [6, 6.07) is 0. The van der Waals surface area contributed by atoms with Gasteiger partial charge in [-0.05, 0) is 31.1 Å². The fourth-order valence-corrected chi connectivity index (χ4v) is 2.18. The van der Waals surface area contributed by atoms with Crippen molar-refractivity contribution in [3.63, 3.8) is 0 Å². The molecule has 0 aliphatic heterocycles. The van der Waals surface area contributed by atoms with Crippen molar-refractivity contribution in [1.29, 1.82) is 0 Å². The summed E-state index contributed by atoms with van der Waals surface area (Å²) in [6.07, 6.45) is 3.74. The van der Waals surface area contributed by atoms with Gasteiger partial charge in [-0.1, -0.05) is 25.9 Å². The lowest BCUT2D eigenvalue weighted by atomic mass is 9.76. The molecule has 1 saturated carbocycles. The molecular weight excluding hydrogens is 162 g/mol. The fourth-order valence-electron chi connectivity index (χ4n) is 2.18. The van der Waals surface area contributed by atoms with Crippen LogP contribution in [0.4, 0.5) is 0 Å². The smallest absolute Gasteiger partial charge is 0.106 e. The van der Waals surface area contributed by atoms with E-state index in [1.165, 1.54) is 18.6 Å². The highest BCUT2D eigenvalue weighted by atomic mass is 16.6. The Balaban J connectivity index is 2.66. The first-order valence-corrected chi connectivity index (χ1v) is 5.25. The number of hydrogen-bond donors (Lipinski definition) is 0. The molecule has 1 aliphatic rings. The molecule has 2 unspecified atom stereocenters. The Morgan fingerprint density at radius 3 is 2.62 bits per heavy atom. The third-order valence-corrected chi connectivity index (χ3v) is 2.97. The average molecular weight is 183 g/mol. The molecule has 0 spiro atoms. The van der Waals surface area contributed by atoms with Crippen molar-refractivity contribution in [3.05, 3.63) is 0 Å². The topological polar surface area (TPSA) is 21.6 Å². The zero-order chi connectivity index (χ0) is 9.84. The lowest BCUT2D eigenvalue weighted by Gasteiger charge is -2.30. The normalized spacial score (nSPS) is 32.5. The molecule has 1 rings (SSSR count). The van der Waals surface area contributed by atoms with E-state index in [1.54, 1.807) is 7.11 Å². The van der Waals surface area contributed by atoms with E-state index in [1.807, 2.05) is 0 Å². The van der Waals surface area contributed by atoms with Crippen LogP contribution < -0.4 is 0 Å². The van der Waals surface area contributed by atoms with E-state index in [4.69, 9.17) is 4.84 Å². The first-order valence-electron chi connectivity index (χ1n) is 5.25. The molecule has 76 valence electrons. The second-order valence-corrected chi connectivity index (χ2v) is 4.50. The summed E-state index contributed by atoms with van der Waals surface area (Å²) in [5.41, 5.74) is 1.27. The molecule has 0 N–H and O–H groups in total. The van der Waals surface area contributed by atoms with Crippen molar-refractivity contribution in [2.75, 3.05) is 7.11 Å². The number of nitrogens with zero attached hydrogens (tertiary/aromatic N) is 1. The number of hydrogen-bond acceptors (Lipinski definition) is 2. The van der Waals surface area contributed by atoms with Gasteiger partial charge in [0.15, 0.2) is 0 Å². The summed E-state index contributed by atoms with van der Waals surface area (Å²) in [5, 5.41) is 4.15. The minimum absolute atomic E-state index is 0.649. The predicted octanol–water partition coefficient (Wildman–Crippen LogP) is 3.08. The number of rotatable bonds is 2. The van der Waals surface area contributed by atoms with Crippen LogP contribution in [0.15, 0.2) is 5.16 Å². The molecule has 0 saturated heterocycles. The SMILES string of the molecule is CO/N=C1/CC(C)CCC1C(C)C. The van der Waals surface area contributed by atoms with Gasteiger partial charge >= 0.3 is 0 Å². The second kappa shape index (κ2) is 4.64. The van der Waals surface area contributed by atoms with Crippen molar-refractivity contribution in [1.82, 2.24) is 0 Å². The minimum Gasteiger partial charge on any atom is -0.399 e. The molecule has 0 aromatic carbocycles. The molecular formula is C11H21NO. The third-order valence-electron chi connectivity index (χ3n) is 2.97. The van der Waals surface area contributed by atoms with Gasteiger partial charge in [0.1, 0.15) is 7.11 Å². The van der Waals surface area contributed by atoms with Gasteiger partial charge in [-0.2, -0.15) is 0 Å². The zero-order valence-electron chi connectivity index (χ0n) is 9.21.